The largest absolute Gasteiger partial charge is 0.390 e. The number of aliphatic hydroxyl groups excluding tert-OH is 1. The van der Waals surface area contributed by atoms with Crippen LogP contribution in [-0.4, -0.2) is 53.0 Å². The number of ketones is 1. The second-order valence-corrected chi connectivity index (χ2v) is 5.94. The van der Waals surface area contributed by atoms with Crippen LogP contribution < -0.4 is 5.32 Å². The number of nitro groups is 1. The quantitative estimate of drug-likeness (QED) is 0.453. The first-order chi connectivity index (χ1) is 11.0. The molecule has 126 valence electrons. The fourth-order valence-electron chi connectivity index (χ4n) is 2.78. The van der Waals surface area contributed by atoms with Gasteiger partial charge in [-0.25, -0.2) is 0 Å². The van der Waals surface area contributed by atoms with Gasteiger partial charge in [-0.15, -0.1) is 0 Å². The highest BCUT2D eigenvalue weighted by Crippen LogP contribution is 2.25. The van der Waals surface area contributed by atoms with Crippen LogP contribution in [0, 0.1) is 10.1 Å². The van der Waals surface area contributed by atoms with Crippen molar-refractivity contribution < 1.29 is 14.8 Å². The molecule has 1 saturated heterocycles. The summed E-state index contributed by atoms with van der Waals surface area (Å²) in [5, 5.41) is 24.2. The number of benzene rings is 1. The van der Waals surface area contributed by atoms with Gasteiger partial charge in [-0.2, -0.15) is 0 Å². The van der Waals surface area contributed by atoms with Crippen molar-refractivity contribution in [1.29, 1.82) is 0 Å². The Morgan fingerprint density at radius 2 is 2.09 bits per heavy atom. The van der Waals surface area contributed by atoms with Crippen molar-refractivity contribution in [3.05, 3.63) is 33.9 Å². The number of anilines is 1. The third-order valence-corrected chi connectivity index (χ3v) is 4.05. The van der Waals surface area contributed by atoms with E-state index in [4.69, 9.17) is 0 Å². The Morgan fingerprint density at radius 3 is 2.70 bits per heavy atom. The van der Waals surface area contributed by atoms with E-state index in [0.29, 0.717) is 17.8 Å². The normalized spacial score (nSPS) is 16.8. The van der Waals surface area contributed by atoms with Crippen molar-refractivity contribution in [2.24, 2.45) is 0 Å². The first kappa shape index (κ1) is 17.4. The van der Waals surface area contributed by atoms with Crippen molar-refractivity contribution in [3.8, 4) is 0 Å². The van der Waals surface area contributed by atoms with E-state index >= 15 is 0 Å². The summed E-state index contributed by atoms with van der Waals surface area (Å²) >= 11 is 0. The third-order valence-electron chi connectivity index (χ3n) is 4.05. The van der Waals surface area contributed by atoms with Crippen molar-refractivity contribution in [3.63, 3.8) is 0 Å². The van der Waals surface area contributed by atoms with Crippen molar-refractivity contribution in [2.45, 2.75) is 32.3 Å². The standard InChI is InChI=1S/C16H23N3O4/c1-12(20)13-5-6-15(16(9-13)19(22)23)17-10-14(21)11-18-7-3-2-4-8-18/h5-6,9,14,17,21H,2-4,7-8,10-11H2,1H3/t14-/m0/s1. The molecule has 1 atom stereocenters. The Bertz CT molecular complexity index is 570. The number of carbonyl (C=O) groups is 1. The molecule has 1 aliphatic rings. The molecule has 2 N–H and O–H groups in total. The van der Waals surface area contributed by atoms with E-state index in [1.807, 2.05) is 0 Å². The molecule has 0 bridgehead atoms. The first-order valence-corrected chi connectivity index (χ1v) is 7.91. The predicted molar refractivity (Wildman–Crippen MR) is 87.9 cm³/mol. The fraction of sp³-hybridized carbons (Fsp3) is 0.562. The molecule has 0 saturated carbocycles. The van der Waals surface area contributed by atoms with Crippen LogP contribution in [0.4, 0.5) is 11.4 Å². The molecule has 1 heterocycles. The van der Waals surface area contributed by atoms with E-state index < -0.39 is 11.0 Å². The molecule has 1 aromatic carbocycles. The lowest BCUT2D eigenvalue weighted by atomic mass is 10.1. The molecule has 0 amide bonds. The highest BCUT2D eigenvalue weighted by molar-refractivity contribution is 5.95. The van der Waals surface area contributed by atoms with Gasteiger partial charge in [0.2, 0.25) is 0 Å². The Kier molecular flexibility index (Phi) is 6.06. The number of carbonyl (C=O) groups excluding carboxylic acids is 1. The van der Waals surface area contributed by atoms with Crippen LogP contribution in [0.2, 0.25) is 0 Å². The Hall–Kier alpha value is -1.99. The number of hydrogen-bond acceptors (Lipinski definition) is 6. The van der Waals surface area contributed by atoms with Gasteiger partial charge in [0, 0.05) is 24.7 Å². The van der Waals surface area contributed by atoms with E-state index in [1.54, 1.807) is 6.07 Å². The molecule has 0 spiro atoms. The number of nitro benzene ring substituents is 1. The highest BCUT2D eigenvalue weighted by atomic mass is 16.6. The second kappa shape index (κ2) is 8.03. The summed E-state index contributed by atoms with van der Waals surface area (Å²) in [6, 6.07) is 4.33. The molecular formula is C16H23N3O4. The van der Waals surface area contributed by atoms with Gasteiger partial charge in [-0.3, -0.25) is 14.9 Å². The van der Waals surface area contributed by atoms with Crippen LogP contribution >= 0.6 is 0 Å². The molecule has 0 unspecified atom stereocenters. The zero-order chi connectivity index (χ0) is 16.8. The molecule has 7 nitrogen and oxygen atoms in total. The second-order valence-electron chi connectivity index (χ2n) is 5.94. The van der Waals surface area contributed by atoms with Crippen LogP contribution in [0.15, 0.2) is 18.2 Å². The maximum atomic E-state index is 11.3. The first-order valence-electron chi connectivity index (χ1n) is 7.91. The number of rotatable bonds is 7. The molecule has 0 aromatic heterocycles. The van der Waals surface area contributed by atoms with E-state index in [0.717, 1.165) is 25.9 Å². The average molecular weight is 321 g/mol. The highest BCUT2D eigenvalue weighted by Gasteiger charge is 2.18. The van der Waals surface area contributed by atoms with Crippen molar-refractivity contribution in [2.75, 3.05) is 31.5 Å². The van der Waals surface area contributed by atoms with Crippen LogP contribution in [-0.2, 0) is 0 Å². The molecular weight excluding hydrogens is 298 g/mol. The molecule has 7 heteroatoms. The molecule has 23 heavy (non-hydrogen) atoms. The Labute approximate surface area is 135 Å². The molecule has 0 radical (unpaired) electrons. The summed E-state index contributed by atoms with van der Waals surface area (Å²) in [6.45, 7) is 4.15. The van der Waals surface area contributed by atoms with Gasteiger partial charge < -0.3 is 15.3 Å². The lowest BCUT2D eigenvalue weighted by Crippen LogP contribution is -2.39. The van der Waals surface area contributed by atoms with E-state index in [-0.39, 0.29) is 18.0 Å². The van der Waals surface area contributed by atoms with Crippen LogP contribution in [0.3, 0.4) is 0 Å². The predicted octanol–water partition coefficient (Wildman–Crippen LogP) is 2.06. The number of nitrogens with one attached hydrogen (secondary N) is 1. The van der Waals surface area contributed by atoms with E-state index in [2.05, 4.69) is 10.2 Å². The van der Waals surface area contributed by atoms with Gasteiger partial charge in [-0.1, -0.05) is 6.42 Å². The van der Waals surface area contributed by atoms with Gasteiger partial charge in [-0.05, 0) is 45.0 Å². The van der Waals surface area contributed by atoms with E-state index in [1.165, 1.54) is 25.5 Å². The minimum atomic E-state index is -0.597. The third kappa shape index (κ3) is 5.01. The molecule has 1 fully saturated rings. The lowest BCUT2D eigenvalue weighted by molar-refractivity contribution is -0.384. The molecule has 1 aromatic rings. The van der Waals surface area contributed by atoms with Crippen molar-refractivity contribution >= 4 is 17.2 Å². The zero-order valence-electron chi connectivity index (χ0n) is 13.3. The van der Waals surface area contributed by atoms with Crippen LogP contribution in [0.5, 0.6) is 0 Å². The number of aliphatic hydroxyl groups is 1. The molecule has 0 aliphatic carbocycles. The number of likely N-dealkylation sites (tertiary alicyclic amines) is 1. The Balaban J connectivity index is 1.96. The lowest BCUT2D eigenvalue weighted by Gasteiger charge is -2.28. The summed E-state index contributed by atoms with van der Waals surface area (Å²) in [4.78, 5) is 24.2. The fourth-order valence-corrected chi connectivity index (χ4v) is 2.78. The maximum Gasteiger partial charge on any atom is 0.293 e. The maximum absolute atomic E-state index is 11.3. The SMILES string of the molecule is CC(=O)c1ccc(NC[C@H](O)CN2CCCCC2)c([N+](=O)[O-])c1. The summed E-state index contributed by atoms with van der Waals surface area (Å²) in [5.74, 6) is -0.218. The summed E-state index contributed by atoms with van der Waals surface area (Å²) in [5.41, 5.74) is 0.469. The minimum absolute atomic E-state index is 0.150. The minimum Gasteiger partial charge on any atom is -0.390 e. The number of β-amino-alcohol motifs (C(OH)–C–C–N with tert-alkyl or cyclic N) is 1. The number of nitrogens with zero attached hydrogens (tertiary/aromatic N) is 2. The number of hydrogen-bond donors (Lipinski definition) is 2. The van der Waals surface area contributed by atoms with Crippen LogP contribution in [0.25, 0.3) is 0 Å². The molecule has 1 aliphatic heterocycles. The Morgan fingerprint density at radius 1 is 1.39 bits per heavy atom. The zero-order valence-corrected chi connectivity index (χ0v) is 13.3. The van der Waals surface area contributed by atoms with Crippen LogP contribution in [0.1, 0.15) is 36.5 Å². The van der Waals surface area contributed by atoms with Gasteiger partial charge in [0.25, 0.3) is 5.69 Å². The van der Waals surface area contributed by atoms with Gasteiger partial charge >= 0.3 is 0 Å². The van der Waals surface area contributed by atoms with Gasteiger partial charge in [0.05, 0.1) is 11.0 Å². The average Bonchev–Trinajstić information content (AvgIpc) is 2.53. The van der Waals surface area contributed by atoms with E-state index in [9.17, 15) is 20.0 Å². The summed E-state index contributed by atoms with van der Waals surface area (Å²) < 4.78 is 0. The molecule has 2 rings (SSSR count). The van der Waals surface area contributed by atoms with Crippen molar-refractivity contribution in [1.82, 2.24) is 4.90 Å². The number of piperidine rings is 1. The summed E-state index contributed by atoms with van der Waals surface area (Å²) in [6.07, 6.45) is 2.94. The monoisotopic (exact) mass is 321 g/mol. The van der Waals surface area contributed by atoms with Gasteiger partial charge in [0.1, 0.15) is 5.69 Å². The van der Waals surface area contributed by atoms with Gasteiger partial charge in [0.15, 0.2) is 5.78 Å². The smallest absolute Gasteiger partial charge is 0.293 e. The topological polar surface area (TPSA) is 95.7 Å². The number of Topliss-reactive ketones (excluding diaryl/α,β-unsaturated/α-hetero) is 1. The summed E-state index contributed by atoms with van der Waals surface area (Å²) in [7, 11) is 0.